The zero-order valence-electron chi connectivity index (χ0n) is 17.2. The van der Waals surface area contributed by atoms with E-state index in [2.05, 4.69) is 15.3 Å². The van der Waals surface area contributed by atoms with Gasteiger partial charge in [-0.05, 0) is 49.5 Å². The molecule has 32 heavy (non-hydrogen) atoms. The van der Waals surface area contributed by atoms with E-state index in [-0.39, 0.29) is 11.3 Å². The van der Waals surface area contributed by atoms with Crippen LogP contribution in [0.4, 0.5) is 5.69 Å². The maximum absolute atomic E-state index is 12.9. The minimum atomic E-state index is -0.303. The topological polar surface area (TPSA) is 75.6 Å². The van der Waals surface area contributed by atoms with Gasteiger partial charge in [0.25, 0.3) is 5.56 Å². The molecule has 7 heteroatoms. The van der Waals surface area contributed by atoms with Crippen LogP contribution in [0.3, 0.4) is 0 Å². The Balaban J connectivity index is 1.65. The number of aromatic amines is 1. The molecule has 0 bridgehead atoms. The first kappa shape index (κ1) is 19.8. The van der Waals surface area contributed by atoms with E-state index in [1.807, 2.05) is 91.9 Å². The number of thiocarbonyl (C=S) groups is 1. The van der Waals surface area contributed by atoms with E-state index < -0.39 is 0 Å². The SMILES string of the molecule is Cc1ccc(NC(=S)n2nc(-c3ccccc3)cc2-c2nc3ccccc3[nH]c2=O)cc1. The molecule has 2 N–H and O–H groups in total. The first-order valence-corrected chi connectivity index (χ1v) is 10.5. The van der Waals surface area contributed by atoms with Crippen molar-refractivity contribution in [1.29, 1.82) is 0 Å². The molecule has 0 radical (unpaired) electrons. The Morgan fingerprint density at radius 2 is 1.69 bits per heavy atom. The highest BCUT2D eigenvalue weighted by Gasteiger charge is 2.19. The number of rotatable bonds is 3. The number of hydrogen-bond acceptors (Lipinski definition) is 4. The molecule has 0 aliphatic rings. The molecule has 0 saturated carbocycles. The highest BCUT2D eigenvalue weighted by molar-refractivity contribution is 7.80. The molecule has 0 atom stereocenters. The van der Waals surface area contributed by atoms with Crippen LogP contribution in [0, 0.1) is 6.92 Å². The van der Waals surface area contributed by atoms with Gasteiger partial charge in [-0.15, -0.1) is 0 Å². The summed E-state index contributed by atoms with van der Waals surface area (Å²) in [4.78, 5) is 20.5. The quantitative estimate of drug-likeness (QED) is 0.388. The normalized spacial score (nSPS) is 10.9. The van der Waals surface area contributed by atoms with Crippen molar-refractivity contribution in [3.63, 3.8) is 0 Å². The number of benzene rings is 3. The van der Waals surface area contributed by atoms with E-state index in [0.717, 1.165) is 16.8 Å². The molecule has 0 spiro atoms. The molecule has 156 valence electrons. The van der Waals surface area contributed by atoms with Gasteiger partial charge < -0.3 is 10.3 Å². The average molecular weight is 438 g/mol. The number of para-hydroxylation sites is 2. The Morgan fingerprint density at radius 3 is 2.47 bits per heavy atom. The van der Waals surface area contributed by atoms with Gasteiger partial charge in [0.15, 0.2) is 10.8 Å². The van der Waals surface area contributed by atoms with Gasteiger partial charge in [0.1, 0.15) is 5.69 Å². The zero-order valence-corrected chi connectivity index (χ0v) is 18.1. The van der Waals surface area contributed by atoms with Crippen LogP contribution in [-0.4, -0.2) is 24.9 Å². The lowest BCUT2D eigenvalue weighted by atomic mass is 10.1. The van der Waals surface area contributed by atoms with Gasteiger partial charge in [0.05, 0.1) is 16.7 Å². The molecule has 0 aliphatic carbocycles. The van der Waals surface area contributed by atoms with Crippen LogP contribution in [0.25, 0.3) is 33.7 Å². The van der Waals surface area contributed by atoms with E-state index in [4.69, 9.17) is 17.3 Å². The second kappa shape index (κ2) is 8.20. The van der Waals surface area contributed by atoms with Crippen LogP contribution in [-0.2, 0) is 0 Å². The highest BCUT2D eigenvalue weighted by atomic mass is 32.1. The molecular formula is C25H19N5OS. The number of anilines is 1. The third-order valence-corrected chi connectivity index (χ3v) is 5.39. The number of aryl methyl sites for hydroxylation is 1. The van der Waals surface area contributed by atoms with Crippen molar-refractivity contribution < 1.29 is 0 Å². The molecule has 3 aromatic carbocycles. The van der Waals surface area contributed by atoms with Crippen molar-refractivity contribution in [1.82, 2.24) is 19.7 Å². The van der Waals surface area contributed by atoms with Gasteiger partial charge in [-0.2, -0.15) is 5.10 Å². The molecule has 2 aromatic heterocycles. The first-order chi connectivity index (χ1) is 15.6. The van der Waals surface area contributed by atoms with Crippen LogP contribution in [0.2, 0.25) is 0 Å². The monoisotopic (exact) mass is 437 g/mol. The standard InChI is InChI=1S/C25H19N5OS/c1-16-11-13-18(14-12-16)26-25(32)30-22(15-21(29-30)17-7-3-2-4-8-17)23-24(31)28-20-10-6-5-9-19(20)27-23/h2-15H,1H3,(H,26,32)(H,28,31). The van der Waals surface area contributed by atoms with E-state index in [1.54, 1.807) is 4.68 Å². The minimum absolute atomic E-state index is 0.256. The van der Waals surface area contributed by atoms with Gasteiger partial charge in [0, 0.05) is 11.3 Å². The van der Waals surface area contributed by atoms with Gasteiger partial charge in [-0.1, -0.05) is 60.2 Å². The van der Waals surface area contributed by atoms with Crippen molar-refractivity contribution in [3.8, 4) is 22.6 Å². The Bertz CT molecular complexity index is 1490. The maximum atomic E-state index is 12.9. The Labute approximate surface area is 189 Å². The Hall–Kier alpha value is -4.10. The number of H-pyrrole nitrogens is 1. The molecular weight excluding hydrogens is 418 g/mol. The summed E-state index contributed by atoms with van der Waals surface area (Å²) >= 11 is 5.67. The number of fused-ring (bicyclic) bond motifs is 1. The smallest absolute Gasteiger partial charge is 0.276 e. The fourth-order valence-electron chi connectivity index (χ4n) is 3.47. The van der Waals surface area contributed by atoms with Crippen LogP contribution < -0.4 is 10.9 Å². The molecule has 5 aromatic rings. The fourth-order valence-corrected chi connectivity index (χ4v) is 3.73. The number of nitrogens with zero attached hydrogens (tertiary/aromatic N) is 3. The third kappa shape index (κ3) is 3.81. The summed E-state index contributed by atoms with van der Waals surface area (Å²) in [6.07, 6.45) is 0. The van der Waals surface area contributed by atoms with Gasteiger partial charge in [0.2, 0.25) is 0 Å². The summed E-state index contributed by atoms with van der Waals surface area (Å²) in [5, 5.41) is 8.27. The summed E-state index contributed by atoms with van der Waals surface area (Å²) in [5.41, 5.74) is 5.44. The summed E-state index contributed by atoms with van der Waals surface area (Å²) in [6, 6.07) is 26.9. The zero-order chi connectivity index (χ0) is 22.1. The summed E-state index contributed by atoms with van der Waals surface area (Å²) in [6.45, 7) is 2.03. The molecule has 0 saturated heterocycles. The van der Waals surface area contributed by atoms with Crippen molar-refractivity contribution in [3.05, 3.63) is 101 Å². The van der Waals surface area contributed by atoms with Crippen LogP contribution in [0.1, 0.15) is 5.56 Å². The van der Waals surface area contributed by atoms with Crippen LogP contribution in [0.5, 0.6) is 0 Å². The predicted octanol–water partition coefficient (Wildman–Crippen LogP) is 5.01. The average Bonchev–Trinajstić information content (AvgIpc) is 3.26. The fraction of sp³-hybridized carbons (Fsp3) is 0.0400. The summed E-state index contributed by atoms with van der Waals surface area (Å²) in [5.74, 6) is 0. The third-order valence-electron chi connectivity index (χ3n) is 5.12. The lowest BCUT2D eigenvalue weighted by Gasteiger charge is -2.11. The molecule has 0 amide bonds. The maximum Gasteiger partial charge on any atom is 0.276 e. The first-order valence-electron chi connectivity index (χ1n) is 10.1. The predicted molar refractivity (Wildman–Crippen MR) is 132 cm³/mol. The highest BCUT2D eigenvalue weighted by Crippen LogP contribution is 2.25. The summed E-state index contributed by atoms with van der Waals surface area (Å²) in [7, 11) is 0. The lowest BCUT2D eigenvalue weighted by molar-refractivity contribution is 0.950. The second-order valence-corrected chi connectivity index (χ2v) is 7.81. The Morgan fingerprint density at radius 1 is 0.969 bits per heavy atom. The van der Waals surface area contributed by atoms with E-state index in [1.165, 1.54) is 0 Å². The molecule has 6 nitrogen and oxygen atoms in total. The van der Waals surface area contributed by atoms with Crippen LogP contribution >= 0.6 is 12.2 Å². The largest absolute Gasteiger partial charge is 0.331 e. The van der Waals surface area contributed by atoms with E-state index in [0.29, 0.717) is 27.5 Å². The summed E-state index contributed by atoms with van der Waals surface area (Å²) < 4.78 is 1.56. The van der Waals surface area contributed by atoms with Gasteiger partial charge in [-0.25, -0.2) is 9.67 Å². The van der Waals surface area contributed by atoms with E-state index >= 15 is 0 Å². The second-order valence-electron chi connectivity index (χ2n) is 7.42. The molecule has 5 rings (SSSR count). The van der Waals surface area contributed by atoms with Crippen LogP contribution in [0.15, 0.2) is 89.7 Å². The molecule has 2 heterocycles. The minimum Gasteiger partial charge on any atom is -0.331 e. The molecule has 0 fully saturated rings. The Kier molecular flexibility index (Phi) is 5.09. The van der Waals surface area contributed by atoms with Crippen molar-refractivity contribution in [2.75, 3.05) is 5.32 Å². The molecule has 0 aliphatic heterocycles. The van der Waals surface area contributed by atoms with Gasteiger partial charge in [-0.3, -0.25) is 4.79 Å². The lowest BCUT2D eigenvalue weighted by Crippen LogP contribution is -2.23. The molecule has 0 unspecified atom stereocenters. The number of nitrogens with one attached hydrogen (secondary N) is 2. The van der Waals surface area contributed by atoms with Crippen molar-refractivity contribution in [2.24, 2.45) is 0 Å². The van der Waals surface area contributed by atoms with Crippen molar-refractivity contribution in [2.45, 2.75) is 6.92 Å². The van der Waals surface area contributed by atoms with E-state index in [9.17, 15) is 4.79 Å². The van der Waals surface area contributed by atoms with Crippen molar-refractivity contribution >= 4 is 34.1 Å². The number of aromatic nitrogens is 4. The number of hydrogen-bond donors (Lipinski definition) is 2. The van der Waals surface area contributed by atoms with Gasteiger partial charge >= 0.3 is 0 Å².